The molecule has 13 heavy (non-hydrogen) atoms. The van der Waals surface area contributed by atoms with Gasteiger partial charge in [0.1, 0.15) is 11.9 Å². The van der Waals surface area contributed by atoms with Crippen molar-refractivity contribution in [1.29, 1.82) is 0 Å². The van der Waals surface area contributed by atoms with Crippen LogP contribution in [0.25, 0.3) is 0 Å². The van der Waals surface area contributed by atoms with Crippen molar-refractivity contribution >= 4 is 0 Å². The van der Waals surface area contributed by atoms with Gasteiger partial charge in [0.15, 0.2) is 0 Å². The number of hydrogen-bond donors (Lipinski definition) is 1. The van der Waals surface area contributed by atoms with Crippen molar-refractivity contribution in [3.63, 3.8) is 0 Å². The number of hydrogen-bond acceptors (Lipinski definition) is 2. The van der Waals surface area contributed by atoms with Crippen molar-refractivity contribution in [2.75, 3.05) is 6.54 Å². The Morgan fingerprint density at radius 1 is 1.38 bits per heavy atom. The van der Waals surface area contributed by atoms with Crippen LogP contribution in [0.5, 0.6) is 5.75 Å². The van der Waals surface area contributed by atoms with Crippen LogP contribution in [0.3, 0.4) is 0 Å². The summed E-state index contributed by atoms with van der Waals surface area (Å²) in [6.45, 7) is 2.84. The second kappa shape index (κ2) is 3.38. The van der Waals surface area contributed by atoms with E-state index < -0.39 is 0 Å². The molecule has 70 valence electrons. The molecule has 0 radical (unpaired) electrons. The van der Waals surface area contributed by atoms with E-state index in [1.165, 1.54) is 5.56 Å². The number of nitrogens with two attached hydrogens (primary N) is 1. The topological polar surface area (TPSA) is 35.2 Å². The van der Waals surface area contributed by atoms with Crippen LogP contribution in [0, 0.1) is 0 Å². The lowest BCUT2D eigenvalue weighted by atomic mass is 9.93. The lowest BCUT2D eigenvalue weighted by Gasteiger charge is -2.12. The highest BCUT2D eigenvalue weighted by molar-refractivity contribution is 5.40. The Morgan fingerprint density at radius 3 is 2.92 bits per heavy atom. The summed E-state index contributed by atoms with van der Waals surface area (Å²) in [6, 6.07) is 8.24. The van der Waals surface area contributed by atoms with E-state index in [9.17, 15) is 0 Å². The van der Waals surface area contributed by atoms with Crippen molar-refractivity contribution in [3.8, 4) is 5.75 Å². The van der Waals surface area contributed by atoms with Crippen LogP contribution >= 0.6 is 0 Å². The van der Waals surface area contributed by atoms with E-state index in [2.05, 4.69) is 19.1 Å². The molecule has 0 aromatic heterocycles. The van der Waals surface area contributed by atoms with Crippen molar-refractivity contribution in [2.24, 2.45) is 5.73 Å². The summed E-state index contributed by atoms with van der Waals surface area (Å²) in [5.74, 6) is 1.52. The average molecular weight is 177 g/mol. The molecule has 0 saturated carbocycles. The molecule has 1 aromatic carbocycles. The van der Waals surface area contributed by atoms with Crippen LogP contribution in [0.1, 0.15) is 24.8 Å². The molecule has 0 aliphatic carbocycles. The smallest absolute Gasteiger partial charge is 0.123 e. The van der Waals surface area contributed by atoms with Gasteiger partial charge in [-0.15, -0.1) is 0 Å². The summed E-state index contributed by atoms with van der Waals surface area (Å²) in [6.07, 6.45) is 1.29. The first-order chi connectivity index (χ1) is 6.33. The Bertz CT molecular complexity index is 298. The third-order valence-corrected chi connectivity index (χ3v) is 2.68. The van der Waals surface area contributed by atoms with Crippen LogP contribution in [0.15, 0.2) is 24.3 Å². The Balaban J connectivity index is 2.29. The van der Waals surface area contributed by atoms with Gasteiger partial charge in [0.2, 0.25) is 0 Å². The third-order valence-electron chi connectivity index (χ3n) is 2.68. The highest BCUT2D eigenvalue weighted by Crippen LogP contribution is 2.39. The molecule has 1 heterocycles. The average Bonchev–Trinajstić information content (AvgIpc) is 2.44. The third kappa shape index (κ3) is 1.42. The fraction of sp³-hybridized carbons (Fsp3) is 0.455. The van der Waals surface area contributed by atoms with Gasteiger partial charge in [-0.05, 0) is 26.0 Å². The van der Waals surface area contributed by atoms with Crippen molar-refractivity contribution in [3.05, 3.63) is 29.8 Å². The fourth-order valence-corrected chi connectivity index (χ4v) is 2.00. The quantitative estimate of drug-likeness (QED) is 0.748. The number of benzene rings is 1. The molecule has 0 bridgehead atoms. The van der Waals surface area contributed by atoms with Crippen molar-refractivity contribution in [2.45, 2.75) is 25.4 Å². The molecule has 1 aliphatic rings. The standard InChI is InChI=1S/C11H15NO/c1-8-9(6-7-12)10-4-2-3-5-11(10)13-8/h2-5,8-9H,6-7,12H2,1H3. The molecule has 2 rings (SSSR count). The second-order valence-electron chi connectivity index (χ2n) is 3.54. The number of para-hydroxylation sites is 1. The second-order valence-corrected chi connectivity index (χ2v) is 3.54. The van der Waals surface area contributed by atoms with Gasteiger partial charge in [-0.25, -0.2) is 0 Å². The first-order valence-corrected chi connectivity index (χ1v) is 4.78. The maximum atomic E-state index is 5.72. The number of fused-ring (bicyclic) bond motifs is 1. The lowest BCUT2D eigenvalue weighted by Crippen LogP contribution is -2.17. The largest absolute Gasteiger partial charge is 0.490 e. The molecule has 2 unspecified atom stereocenters. The molecule has 0 spiro atoms. The predicted octanol–water partition coefficient (Wildman–Crippen LogP) is 1.90. The van der Waals surface area contributed by atoms with E-state index in [0.717, 1.165) is 18.7 Å². The fourth-order valence-electron chi connectivity index (χ4n) is 2.00. The zero-order chi connectivity index (χ0) is 9.26. The van der Waals surface area contributed by atoms with Gasteiger partial charge in [-0.3, -0.25) is 0 Å². The first-order valence-electron chi connectivity index (χ1n) is 4.78. The Kier molecular flexibility index (Phi) is 2.23. The van der Waals surface area contributed by atoms with Crippen molar-refractivity contribution < 1.29 is 4.74 Å². The summed E-state index contributed by atoms with van der Waals surface area (Å²) in [5.41, 5.74) is 6.89. The van der Waals surface area contributed by atoms with E-state index in [-0.39, 0.29) is 6.10 Å². The van der Waals surface area contributed by atoms with E-state index >= 15 is 0 Å². The van der Waals surface area contributed by atoms with Gasteiger partial charge in [0.25, 0.3) is 0 Å². The summed E-state index contributed by atoms with van der Waals surface area (Å²) < 4.78 is 5.72. The monoisotopic (exact) mass is 177 g/mol. The number of ether oxygens (including phenoxy) is 1. The molecular weight excluding hydrogens is 162 g/mol. The van der Waals surface area contributed by atoms with Crippen LogP contribution in [-0.2, 0) is 0 Å². The molecule has 2 nitrogen and oxygen atoms in total. The van der Waals surface area contributed by atoms with Crippen LogP contribution in [-0.4, -0.2) is 12.6 Å². The van der Waals surface area contributed by atoms with Gasteiger partial charge >= 0.3 is 0 Å². The maximum Gasteiger partial charge on any atom is 0.123 e. The molecule has 0 saturated heterocycles. The zero-order valence-electron chi connectivity index (χ0n) is 7.86. The maximum absolute atomic E-state index is 5.72. The van der Waals surface area contributed by atoms with E-state index in [1.54, 1.807) is 0 Å². The zero-order valence-corrected chi connectivity index (χ0v) is 7.86. The predicted molar refractivity (Wildman–Crippen MR) is 52.9 cm³/mol. The summed E-state index contributed by atoms with van der Waals surface area (Å²) in [4.78, 5) is 0. The van der Waals surface area contributed by atoms with Gasteiger partial charge < -0.3 is 10.5 Å². The first kappa shape index (κ1) is 8.57. The van der Waals surface area contributed by atoms with Crippen molar-refractivity contribution in [1.82, 2.24) is 0 Å². The SMILES string of the molecule is CC1Oc2ccccc2C1CCN. The number of rotatable bonds is 2. The van der Waals surface area contributed by atoms with E-state index in [1.807, 2.05) is 12.1 Å². The Hall–Kier alpha value is -1.02. The molecule has 1 aliphatic heterocycles. The molecule has 0 fully saturated rings. The van der Waals surface area contributed by atoms with Gasteiger partial charge in [0.05, 0.1) is 0 Å². The molecule has 0 amide bonds. The van der Waals surface area contributed by atoms with E-state index in [4.69, 9.17) is 10.5 Å². The molecule has 2 atom stereocenters. The van der Waals surface area contributed by atoms with Gasteiger partial charge in [-0.1, -0.05) is 18.2 Å². The molecular formula is C11H15NO. The summed E-state index contributed by atoms with van der Waals surface area (Å²) >= 11 is 0. The van der Waals surface area contributed by atoms with Gasteiger partial charge in [0, 0.05) is 11.5 Å². The Morgan fingerprint density at radius 2 is 2.15 bits per heavy atom. The molecule has 2 N–H and O–H groups in total. The summed E-state index contributed by atoms with van der Waals surface area (Å²) in [5, 5.41) is 0. The highest BCUT2D eigenvalue weighted by atomic mass is 16.5. The minimum Gasteiger partial charge on any atom is -0.490 e. The van der Waals surface area contributed by atoms with Crippen LogP contribution < -0.4 is 10.5 Å². The van der Waals surface area contributed by atoms with E-state index in [0.29, 0.717) is 5.92 Å². The lowest BCUT2D eigenvalue weighted by molar-refractivity contribution is 0.222. The summed E-state index contributed by atoms with van der Waals surface area (Å²) in [7, 11) is 0. The highest BCUT2D eigenvalue weighted by Gasteiger charge is 2.29. The molecule has 2 heteroatoms. The minimum absolute atomic E-state index is 0.279. The minimum atomic E-state index is 0.279. The van der Waals surface area contributed by atoms with Crippen LogP contribution in [0.4, 0.5) is 0 Å². The Labute approximate surface area is 78.7 Å². The van der Waals surface area contributed by atoms with Crippen LogP contribution in [0.2, 0.25) is 0 Å². The normalized spacial score (nSPS) is 25.4. The molecule has 1 aromatic rings. The van der Waals surface area contributed by atoms with Gasteiger partial charge in [-0.2, -0.15) is 0 Å².